The van der Waals surface area contributed by atoms with E-state index in [1.165, 1.54) is 15.9 Å². The fourth-order valence-corrected chi connectivity index (χ4v) is 3.43. The molecule has 1 aromatic rings. The highest BCUT2D eigenvalue weighted by Gasteiger charge is 2.44. The van der Waals surface area contributed by atoms with Crippen molar-refractivity contribution in [2.45, 2.75) is 32.7 Å². The highest BCUT2D eigenvalue weighted by molar-refractivity contribution is 6.02. The predicted molar refractivity (Wildman–Crippen MR) is 76.1 cm³/mol. The van der Waals surface area contributed by atoms with Crippen LogP contribution >= 0.6 is 0 Å². The molecule has 0 spiro atoms. The number of benzene rings is 1. The third-order valence-corrected chi connectivity index (χ3v) is 4.59. The maximum Gasteiger partial charge on any atom is 0.327 e. The van der Waals surface area contributed by atoms with E-state index in [1.54, 1.807) is 6.07 Å². The third-order valence-electron chi connectivity index (χ3n) is 4.59. The summed E-state index contributed by atoms with van der Waals surface area (Å²) in [6.07, 6.45) is 1.44. The molecule has 112 valence electrons. The van der Waals surface area contributed by atoms with Gasteiger partial charge in [-0.2, -0.15) is 0 Å². The first-order valence-electron chi connectivity index (χ1n) is 7.42. The summed E-state index contributed by atoms with van der Waals surface area (Å²) in [5.74, 6) is -0.282. The minimum atomic E-state index is -0.346. The number of amides is 3. The number of likely N-dealkylation sites (N-methyl/N-ethyl adjacent to an activating group) is 1. The Balaban J connectivity index is 2.05. The quantitative estimate of drug-likeness (QED) is 0.786. The van der Waals surface area contributed by atoms with Crippen LogP contribution in [0.5, 0.6) is 0 Å². The van der Waals surface area contributed by atoms with Crippen LogP contribution < -0.4 is 0 Å². The van der Waals surface area contributed by atoms with Crippen molar-refractivity contribution in [3.05, 3.63) is 35.1 Å². The van der Waals surface area contributed by atoms with E-state index in [2.05, 4.69) is 0 Å². The van der Waals surface area contributed by atoms with E-state index in [9.17, 15) is 14.0 Å². The summed E-state index contributed by atoms with van der Waals surface area (Å²) in [7, 11) is 0. The van der Waals surface area contributed by atoms with Gasteiger partial charge in [0.25, 0.3) is 5.91 Å². The molecule has 0 saturated carbocycles. The number of imide groups is 1. The van der Waals surface area contributed by atoms with Gasteiger partial charge in [0.1, 0.15) is 12.4 Å². The van der Waals surface area contributed by atoms with Crippen molar-refractivity contribution in [2.75, 3.05) is 13.1 Å². The zero-order chi connectivity index (χ0) is 15.1. The fourth-order valence-electron chi connectivity index (χ4n) is 3.43. The summed E-state index contributed by atoms with van der Waals surface area (Å²) in [5.41, 5.74) is 1.43. The number of fused-ring (bicyclic) bond motifs is 1. The number of halogens is 1. The second kappa shape index (κ2) is 5.13. The predicted octanol–water partition coefficient (Wildman–Crippen LogP) is 2.73. The maximum atomic E-state index is 14.0. The van der Waals surface area contributed by atoms with Crippen LogP contribution in [0.1, 0.15) is 37.4 Å². The number of rotatable bonds is 2. The van der Waals surface area contributed by atoms with E-state index in [0.717, 1.165) is 12.0 Å². The van der Waals surface area contributed by atoms with Crippen LogP contribution in [0.4, 0.5) is 9.18 Å². The van der Waals surface area contributed by atoms with E-state index in [1.807, 2.05) is 19.9 Å². The van der Waals surface area contributed by atoms with Gasteiger partial charge in [0.2, 0.25) is 0 Å². The Morgan fingerprint density at radius 2 is 2.10 bits per heavy atom. The van der Waals surface area contributed by atoms with Gasteiger partial charge >= 0.3 is 6.03 Å². The Morgan fingerprint density at radius 1 is 1.33 bits per heavy atom. The van der Waals surface area contributed by atoms with E-state index in [0.29, 0.717) is 18.5 Å². The van der Waals surface area contributed by atoms with Crippen LogP contribution in [0.3, 0.4) is 0 Å². The second-order valence-corrected chi connectivity index (χ2v) is 5.83. The molecule has 4 nitrogen and oxygen atoms in total. The largest absolute Gasteiger partial charge is 0.327 e. The molecule has 0 bridgehead atoms. The molecule has 2 aliphatic rings. The van der Waals surface area contributed by atoms with Gasteiger partial charge in [-0.3, -0.25) is 9.69 Å². The first-order valence-corrected chi connectivity index (χ1v) is 7.42. The fraction of sp³-hybridized carbons (Fsp3) is 0.500. The van der Waals surface area contributed by atoms with Gasteiger partial charge < -0.3 is 4.90 Å². The zero-order valence-corrected chi connectivity index (χ0v) is 12.3. The molecule has 0 radical (unpaired) electrons. The van der Waals surface area contributed by atoms with E-state index < -0.39 is 0 Å². The Hall–Kier alpha value is -1.91. The van der Waals surface area contributed by atoms with Crippen LogP contribution in [0.15, 0.2) is 18.2 Å². The van der Waals surface area contributed by atoms with E-state index >= 15 is 0 Å². The SMILES string of the molecule is CCN1CC(=O)N(C2c3cccc(F)c3CCC2C)C1=O. The maximum absolute atomic E-state index is 14.0. The van der Waals surface area contributed by atoms with E-state index in [4.69, 9.17) is 0 Å². The van der Waals surface area contributed by atoms with Crippen molar-refractivity contribution in [3.8, 4) is 0 Å². The Bertz CT molecular complexity index is 602. The molecule has 2 atom stereocenters. The Kier molecular flexibility index (Phi) is 3.43. The molecule has 0 N–H and O–H groups in total. The first kappa shape index (κ1) is 14.0. The molecule has 2 unspecified atom stereocenters. The van der Waals surface area contributed by atoms with Crippen LogP contribution in [-0.4, -0.2) is 34.8 Å². The van der Waals surface area contributed by atoms with Crippen molar-refractivity contribution in [2.24, 2.45) is 5.92 Å². The molecule has 3 amide bonds. The normalized spacial score (nSPS) is 25.5. The van der Waals surface area contributed by atoms with Crippen LogP contribution in [0, 0.1) is 11.7 Å². The minimum absolute atomic E-state index is 0.128. The topological polar surface area (TPSA) is 40.6 Å². The Labute approximate surface area is 123 Å². The van der Waals surface area contributed by atoms with E-state index in [-0.39, 0.29) is 36.3 Å². The van der Waals surface area contributed by atoms with Crippen LogP contribution in [0.25, 0.3) is 0 Å². The lowest BCUT2D eigenvalue weighted by Gasteiger charge is -2.36. The van der Waals surface area contributed by atoms with Gasteiger partial charge in [-0.25, -0.2) is 9.18 Å². The average molecular weight is 290 g/mol. The number of hydrogen-bond acceptors (Lipinski definition) is 2. The summed E-state index contributed by atoms with van der Waals surface area (Å²) < 4.78 is 14.0. The molecule has 3 rings (SSSR count). The lowest BCUT2D eigenvalue weighted by atomic mass is 9.79. The molecule has 21 heavy (non-hydrogen) atoms. The average Bonchev–Trinajstić information content (AvgIpc) is 2.74. The smallest absolute Gasteiger partial charge is 0.315 e. The Morgan fingerprint density at radius 3 is 2.76 bits per heavy atom. The van der Waals surface area contributed by atoms with Gasteiger partial charge in [0.15, 0.2) is 0 Å². The first-order chi connectivity index (χ1) is 10.0. The van der Waals surface area contributed by atoms with Crippen molar-refractivity contribution >= 4 is 11.9 Å². The number of urea groups is 1. The number of nitrogens with zero attached hydrogens (tertiary/aromatic N) is 2. The summed E-state index contributed by atoms with van der Waals surface area (Å²) in [6, 6.07) is 4.34. The number of carbonyl (C=O) groups excluding carboxylic acids is 2. The van der Waals surface area contributed by atoms with Gasteiger partial charge in [-0.1, -0.05) is 19.1 Å². The summed E-state index contributed by atoms with van der Waals surface area (Å²) in [4.78, 5) is 27.6. The van der Waals surface area contributed by atoms with Gasteiger partial charge in [-0.15, -0.1) is 0 Å². The number of hydrogen-bond donors (Lipinski definition) is 0. The molecule has 1 aliphatic carbocycles. The molecule has 1 heterocycles. The summed E-state index contributed by atoms with van der Waals surface area (Å²) in [5, 5.41) is 0. The monoisotopic (exact) mass is 290 g/mol. The molecule has 0 aromatic heterocycles. The molecular formula is C16H19FN2O2. The van der Waals surface area contributed by atoms with Gasteiger partial charge in [-0.05, 0) is 42.9 Å². The van der Waals surface area contributed by atoms with Crippen LogP contribution in [0.2, 0.25) is 0 Å². The lowest BCUT2D eigenvalue weighted by Crippen LogP contribution is -2.41. The lowest BCUT2D eigenvalue weighted by molar-refractivity contribution is -0.127. The molecule has 1 aliphatic heterocycles. The molecule has 1 fully saturated rings. The zero-order valence-electron chi connectivity index (χ0n) is 12.3. The van der Waals surface area contributed by atoms with Gasteiger partial charge in [0, 0.05) is 6.54 Å². The highest BCUT2D eigenvalue weighted by atomic mass is 19.1. The van der Waals surface area contributed by atoms with Gasteiger partial charge in [0.05, 0.1) is 6.04 Å². The summed E-state index contributed by atoms with van der Waals surface area (Å²) in [6.45, 7) is 4.52. The molecule has 5 heteroatoms. The molecule has 1 aromatic carbocycles. The second-order valence-electron chi connectivity index (χ2n) is 5.83. The van der Waals surface area contributed by atoms with Crippen molar-refractivity contribution in [1.29, 1.82) is 0 Å². The van der Waals surface area contributed by atoms with Crippen molar-refractivity contribution in [3.63, 3.8) is 0 Å². The summed E-state index contributed by atoms with van der Waals surface area (Å²) >= 11 is 0. The number of carbonyl (C=O) groups is 2. The standard InChI is InChI=1S/C16H19FN2O2/c1-3-18-9-14(20)19(16(18)21)15-10(2)7-8-11-12(15)5-4-6-13(11)17/h4-6,10,15H,3,7-9H2,1-2H3. The van der Waals surface area contributed by atoms with Crippen molar-refractivity contribution in [1.82, 2.24) is 9.80 Å². The molecule has 1 saturated heterocycles. The van der Waals surface area contributed by atoms with Crippen molar-refractivity contribution < 1.29 is 14.0 Å². The van der Waals surface area contributed by atoms with Crippen LogP contribution in [-0.2, 0) is 11.2 Å². The highest BCUT2D eigenvalue weighted by Crippen LogP contribution is 2.41. The third kappa shape index (κ3) is 2.11. The molecular weight excluding hydrogens is 271 g/mol. The minimum Gasteiger partial charge on any atom is -0.315 e.